The van der Waals surface area contributed by atoms with Gasteiger partial charge < -0.3 is 5.32 Å². The van der Waals surface area contributed by atoms with E-state index in [1.54, 1.807) is 11.8 Å². The summed E-state index contributed by atoms with van der Waals surface area (Å²) in [6, 6.07) is 20.9. The predicted molar refractivity (Wildman–Crippen MR) is 92.0 cm³/mol. The van der Waals surface area contributed by atoms with Gasteiger partial charge in [0.05, 0.1) is 0 Å². The van der Waals surface area contributed by atoms with Gasteiger partial charge in [-0.15, -0.1) is 11.8 Å². The Morgan fingerprint density at radius 2 is 1.67 bits per heavy atom. The van der Waals surface area contributed by atoms with Crippen LogP contribution in [0.3, 0.4) is 0 Å². The van der Waals surface area contributed by atoms with Gasteiger partial charge in [-0.3, -0.25) is 0 Å². The number of rotatable bonds is 5. The van der Waals surface area contributed by atoms with Crippen molar-refractivity contribution in [3.63, 3.8) is 0 Å². The highest BCUT2D eigenvalue weighted by atomic mass is 32.2. The van der Waals surface area contributed by atoms with Crippen molar-refractivity contribution in [1.29, 1.82) is 0 Å². The normalized spacial score (nSPS) is 22.6. The first-order chi connectivity index (χ1) is 10.3. The fraction of sp³-hybridized carbons (Fsp3) is 0.368. The van der Waals surface area contributed by atoms with E-state index < -0.39 is 0 Å². The molecule has 1 nitrogen and oxygen atoms in total. The standard InChI is InChI=1S/C19H23NS/c1-14(15-8-10-19(21-2)11-9-15)20-18-12-17(13-18)16-6-4-3-5-7-16/h3-11,14,17-18,20H,12-13H2,1-2H3. The van der Waals surface area contributed by atoms with Crippen LogP contribution in [0.1, 0.15) is 42.9 Å². The zero-order valence-corrected chi connectivity index (χ0v) is 13.6. The minimum atomic E-state index is 0.433. The van der Waals surface area contributed by atoms with Crippen molar-refractivity contribution in [1.82, 2.24) is 5.32 Å². The minimum Gasteiger partial charge on any atom is -0.307 e. The lowest BCUT2D eigenvalue weighted by Gasteiger charge is -2.38. The smallest absolute Gasteiger partial charge is 0.0294 e. The van der Waals surface area contributed by atoms with Crippen LogP contribution in [0, 0.1) is 0 Å². The molecule has 0 saturated heterocycles. The summed E-state index contributed by atoms with van der Waals surface area (Å²) in [5.41, 5.74) is 2.88. The molecular formula is C19H23NS. The van der Waals surface area contributed by atoms with E-state index in [1.807, 2.05) is 0 Å². The molecule has 2 aromatic rings. The van der Waals surface area contributed by atoms with Crippen molar-refractivity contribution in [3.05, 3.63) is 65.7 Å². The summed E-state index contributed by atoms with van der Waals surface area (Å²) in [5, 5.41) is 3.76. The molecule has 2 aromatic carbocycles. The number of nitrogens with one attached hydrogen (secondary N) is 1. The second-order valence-electron chi connectivity index (χ2n) is 5.94. The molecule has 1 saturated carbocycles. The molecule has 1 aliphatic carbocycles. The third-order valence-corrected chi connectivity index (χ3v) is 5.25. The number of benzene rings is 2. The van der Waals surface area contributed by atoms with Crippen molar-refractivity contribution in [2.45, 2.75) is 42.7 Å². The van der Waals surface area contributed by atoms with Gasteiger partial charge in [0.1, 0.15) is 0 Å². The molecular weight excluding hydrogens is 274 g/mol. The molecule has 1 unspecified atom stereocenters. The number of hydrogen-bond acceptors (Lipinski definition) is 2. The van der Waals surface area contributed by atoms with Crippen LogP contribution in [0.2, 0.25) is 0 Å². The van der Waals surface area contributed by atoms with Crippen LogP contribution >= 0.6 is 11.8 Å². The van der Waals surface area contributed by atoms with Gasteiger partial charge in [0.15, 0.2) is 0 Å². The molecule has 0 amide bonds. The zero-order chi connectivity index (χ0) is 14.7. The maximum atomic E-state index is 3.76. The van der Waals surface area contributed by atoms with Crippen LogP contribution < -0.4 is 5.32 Å². The molecule has 1 aliphatic rings. The summed E-state index contributed by atoms with van der Waals surface area (Å²) in [4.78, 5) is 1.33. The summed E-state index contributed by atoms with van der Waals surface area (Å²) in [6.45, 7) is 2.27. The molecule has 2 heteroatoms. The van der Waals surface area contributed by atoms with Crippen LogP contribution in [0.25, 0.3) is 0 Å². The zero-order valence-electron chi connectivity index (χ0n) is 12.8. The molecule has 3 rings (SSSR count). The molecule has 1 atom stereocenters. The molecule has 0 aromatic heterocycles. The Balaban J connectivity index is 1.51. The number of thioether (sulfide) groups is 1. The largest absolute Gasteiger partial charge is 0.307 e. The van der Waals surface area contributed by atoms with E-state index in [0.29, 0.717) is 12.1 Å². The van der Waals surface area contributed by atoms with Gasteiger partial charge in [0, 0.05) is 17.0 Å². The molecule has 21 heavy (non-hydrogen) atoms. The highest BCUT2D eigenvalue weighted by Gasteiger charge is 2.30. The first-order valence-corrected chi connectivity index (χ1v) is 8.93. The van der Waals surface area contributed by atoms with E-state index >= 15 is 0 Å². The van der Waals surface area contributed by atoms with Gasteiger partial charge >= 0.3 is 0 Å². The fourth-order valence-electron chi connectivity index (χ4n) is 3.09. The van der Waals surface area contributed by atoms with E-state index in [-0.39, 0.29) is 0 Å². The van der Waals surface area contributed by atoms with Gasteiger partial charge in [-0.05, 0) is 55.2 Å². The Labute approximate surface area is 132 Å². The van der Waals surface area contributed by atoms with Crippen molar-refractivity contribution >= 4 is 11.8 Å². The molecule has 0 heterocycles. The van der Waals surface area contributed by atoms with Gasteiger partial charge in [0.2, 0.25) is 0 Å². The first kappa shape index (κ1) is 14.7. The van der Waals surface area contributed by atoms with Crippen molar-refractivity contribution in [2.75, 3.05) is 6.26 Å². The van der Waals surface area contributed by atoms with Crippen molar-refractivity contribution in [2.24, 2.45) is 0 Å². The molecule has 0 radical (unpaired) electrons. The summed E-state index contributed by atoms with van der Waals surface area (Å²) >= 11 is 1.80. The average Bonchev–Trinajstić information content (AvgIpc) is 2.51. The Morgan fingerprint density at radius 1 is 1.00 bits per heavy atom. The van der Waals surface area contributed by atoms with E-state index in [1.165, 1.54) is 28.9 Å². The van der Waals surface area contributed by atoms with Gasteiger partial charge in [-0.2, -0.15) is 0 Å². The second-order valence-corrected chi connectivity index (χ2v) is 6.82. The highest BCUT2D eigenvalue weighted by molar-refractivity contribution is 7.98. The lowest BCUT2D eigenvalue weighted by Crippen LogP contribution is -2.41. The van der Waals surface area contributed by atoms with Gasteiger partial charge in [0.25, 0.3) is 0 Å². The van der Waals surface area contributed by atoms with Crippen LogP contribution in [0.15, 0.2) is 59.5 Å². The summed E-state index contributed by atoms with van der Waals surface area (Å²) in [6.07, 6.45) is 4.64. The van der Waals surface area contributed by atoms with Crippen LogP contribution in [0.5, 0.6) is 0 Å². The molecule has 1 N–H and O–H groups in total. The Bertz CT molecular complexity index is 558. The third kappa shape index (κ3) is 3.50. The lowest BCUT2D eigenvalue weighted by atomic mass is 9.75. The Morgan fingerprint density at radius 3 is 2.29 bits per heavy atom. The van der Waals surface area contributed by atoms with Crippen LogP contribution in [-0.2, 0) is 0 Å². The summed E-state index contributed by atoms with van der Waals surface area (Å²) in [5.74, 6) is 0.745. The van der Waals surface area contributed by atoms with E-state index in [4.69, 9.17) is 0 Å². The van der Waals surface area contributed by atoms with Crippen molar-refractivity contribution < 1.29 is 0 Å². The SMILES string of the molecule is CSc1ccc(C(C)NC2CC(c3ccccc3)C2)cc1. The molecule has 0 bridgehead atoms. The maximum absolute atomic E-state index is 3.76. The van der Waals surface area contributed by atoms with Gasteiger partial charge in [-0.1, -0.05) is 42.5 Å². The monoisotopic (exact) mass is 297 g/mol. The first-order valence-electron chi connectivity index (χ1n) is 7.71. The number of hydrogen-bond donors (Lipinski definition) is 1. The predicted octanol–water partition coefficient (Wildman–Crippen LogP) is 5.01. The van der Waals surface area contributed by atoms with E-state index in [9.17, 15) is 0 Å². The maximum Gasteiger partial charge on any atom is 0.0294 e. The lowest BCUT2D eigenvalue weighted by molar-refractivity contribution is 0.271. The summed E-state index contributed by atoms with van der Waals surface area (Å²) in [7, 11) is 0. The third-order valence-electron chi connectivity index (χ3n) is 4.51. The molecule has 0 spiro atoms. The second kappa shape index (κ2) is 6.67. The molecule has 0 aliphatic heterocycles. The Kier molecular flexibility index (Phi) is 4.67. The van der Waals surface area contributed by atoms with Crippen LogP contribution in [-0.4, -0.2) is 12.3 Å². The highest BCUT2D eigenvalue weighted by Crippen LogP contribution is 2.37. The van der Waals surface area contributed by atoms with Gasteiger partial charge in [-0.25, -0.2) is 0 Å². The van der Waals surface area contributed by atoms with Crippen molar-refractivity contribution in [3.8, 4) is 0 Å². The Hall–Kier alpha value is -1.25. The fourth-order valence-corrected chi connectivity index (χ4v) is 3.50. The summed E-state index contributed by atoms with van der Waals surface area (Å²) < 4.78 is 0. The van der Waals surface area contributed by atoms with E-state index in [2.05, 4.69) is 73.1 Å². The molecule has 1 fully saturated rings. The van der Waals surface area contributed by atoms with Crippen LogP contribution in [0.4, 0.5) is 0 Å². The average molecular weight is 297 g/mol. The molecule has 110 valence electrons. The topological polar surface area (TPSA) is 12.0 Å². The quantitative estimate of drug-likeness (QED) is 0.779. The van der Waals surface area contributed by atoms with E-state index in [0.717, 1.165) is 5.92 Å². The minimum absolute atomic E-state index is 0.433.